The lowest BCUT2D eigenvalue weighted by molar-refractivity contribution is -0.145. The summed E-state index contributed by atoms with van der Waals surface area (Å²) in [7, 11) is 1.81. The summed E-state index contributed by atoms with van der Waals surface area (Å²) in [5.74, 6) is -0.535. The van der Waals surface area contributed by atoms with E-state index in [4.69, 9.17) is 9.47 Å². The third-order valence-corrected chi connectivity index (χ3v) is 3.82. The van der Waals surface area contributed by atoms with Crippen molar-refractivity contribution in [2.75, 3.05) is 13.7 Å². The molecule has 2 saturated heterocycles. The summed E-state index contributed by atoms with van der Waals surface area (Å²) >= 11 is 1.49. The molecule has 0 bridgehead atoms. The number of carbonyl (C=O) groups is 2. The van der Waals surface area contributed by atoms with Crippen molar-refractivity contribution in [3.05, 3.63) is 11.1 Å². The second-order valence-electron chi connectivity index (χ2n) is 3.59. The van der Waals surface area contributed by atoms with Crippen LogP contribution in [0.15, 0.2) is 11.1 Å². The minimum Gasteiger partial charge on any atom is -0.463 e. The number of nitrogens with zero attached hydrogens (tertiary/aromatic N) is 1. The van der Waals surface area contributed by atoms with Gasteiger partial charge in [0.15, 0.2) is 6.23 Å². The Bertz CT molecular complexity index is 355. The molecule has 16 heavy (non-hydrogen) atoms. The first-order chi connectivity index (χ1) is 7.61. The van der Waals surface area contributed by atoms with Crippen LogP contribution in [0.5, 0.6) is 0 Å². The SMILES string of the molecule is CCOC(=O)/C=C1\S[C@@H]2CC(=O)O[C@@H]2N1C. The molecule has 0 aromatic rings. The fraction of sp³-hybridized carbons (Fsp3) is 0.600. The van der Waals surface area contributed by atoms with Crippen LogP contribution in [0.3, 0.4) is 0 Å². The number of ether oxygens (including phenoxy) is 2. The average molecular weight is 243 g/mol. The Kier molecular flexibility index (Phi) is 3.09. The van der Waals surface area contributed by atoms with Crippen LogP contribution in [0.4, 0.5) is 0 Å². The van der Waals surface area contributed by atoms with Gasteiger partial charge in [0.2, 0.25) is 0 Å². The van der Waals surface area contributed by atoms with Gasteiger partial charge in [0.25, 0.3) is 0 Å². The van der Waals surface area contributed by atoms with Crippen LogP contribution in [0, 0.1) is 0 Å². The highest BCUT2D eigenvalue weighted by Crippen LogP contribution is 2.43. The van der Waals surface area contributed by atoms with Gasteiger partial charge in [0.05, 0.1) is 29.4 Å². The zero-order valence-corrected chi connectivity index (χ0v) is 9.95. The van der Waals surface area contributed by atoms with E-state index in [0.29, 0.717) is 13.0 Å². The van der Waals surface area contributed by atoms with Crippen molar-refractivity contribution in [1.29, 1.82) is 0 Å². The number of fused-ring (bicyclic) bond motifs is 1. The average Bonchev–Trinajstić information content (AvgIpc) is 2.68. The van der Waals surface area contributed by atoms with Crippen LogP contribution in [0.25, 0.3) is 0 Å². The maximum Gasteiger partial charge on any atom is 0.333 e. The number of esters is 2. The predicted molar refractivity (Wildman–Crippen MR) is 58.4 cm³/mol. The van der Waals surface area contributed by atoms with Crippen LogP contribution in [-0.2, 0) is 19.1 Å². The van der Waals surface area contributed by atoms with Crippen LogP contribution < -0.4 is 0 Å². The summed E-state index contributed by atoms with van der Waals surface area (Å²) in [4.78, 5) is 24.1. The van der Waals surface area contributed by atoms with Gasteiger partial charge in [-0.2, -0.15) is 0 Å². The molecule has 0 aliphatic carbocycles. The van der Waals surface area contributed by atoms with Gasteiger partial charge in [-0.15, -0.1) is 0 Å². The maximum atomic E-state index is 11.3. The zero-order chi connectivity index (χ0) is 11.7. The van der Waals surface area contributed by atoms with E-state index in [1.807, 2.05) is 0 Å². The topological polar surface area (TPSA) is 55.8 Å². The molecule has 0 saturated carbocycles. The van der Waals surface area contributed by atoms with Gasteiger partial charge >= 0.3 is 11.9 Å². The van der Waals surface area contributed by atoms with E-state index in [-0.39, 0.29) is 23.4 Å². The molecule has 2 rings (SSSR count). The number of thioether (sulfide) groups is 1. The summed E-state index contributed by atoms with van der Waals surface area (Å²) in [6.07, 6.45) is 1.61. The number of hydrogen-bond acceptors (Lipinski definition) is 6. The molecule has 0 radical (unpaired) electrons. The molecule has 0 spiro atoms. The Morgan fingerprint density at radius 2 is 2.50 bits per heavy atom. The molecule has 6 heteroatoms. The molecular formula is C10H13NO4S. The molecule has 2 atom stereocenters. The van der Waals surface area contributed by atoms with Crippen molar-refractivity contribution in [2.24, 2.45) is 0 Å². The predicted octanol–water partition coefficient (Wildman–Crippen LogP) is 0.711. The number of hydrogen-bond donors (Lipinski definition) is 0. The first-order valence-corrected chi connectivity index (χ1v) is 5.97. The standard InChI is InChI=1S/C10H13NO4S/c1-3-14-8(12)5-7-11(2)10-6(16-7)4-9(13)15-10/h5-6,10H,3-4H2,1-2H3/b7-5-/t6-,10+/m1/s1. The van der Waals surface area contributed by atoms with E-state index in [0.717, 1.165) is 5.03 Å². The molecule has 5 nitrogen and oxygen atoms in total. The van der Waals surface area contributed by atoms with Crippen molar-refractivity contribution < 1.29 is 19.1 Å². The second kappa shape index (κ2) is 4.37. The normalized spacial score (nSPS) is 30.5. The van der Waals surface area contributed by atoms with Crippen molar-refractivity contribution in [3.8, 4) is 0 Å². The molecule has 0 aromatic carbocycles. The molecule has 2 fully saturated rings. The van der Waals surface area contributed by atoms with E-state index in [2.05, 4.69) is 0 Å². The van der Waals surface area contributed by atoms with E-state index >= 15 is 0 Å². The van der Waals surface area contributed by atoms with E-state index < -0.39 is 0 Å². The van der Waals surface area contributed by atoms with Crippen LogP contribution in [0.1, 0.15) is 13.3 Å². The quantitative estimate of drug-likeness (QED) is 0.526. The first kappa shape index (κ1) is 11.3. The molecule has 0 unspecified atom stereocenters. The Labute approximate surface area is 97.8 Å². The third kappa shape index (κ3) is 2.02. The molecule has 0 aromatic heterocycles. The zero-order valence-electron chi connectivity index (χ0n) is 9.13. The molecular weight excluding hydrogens is 230 g/mol. The van der Waals surface area contributed by atoms with E-state index in [1.54, 1.807) is 18.9 Å². The summed E-state index contributed by atoms with van der Waals surface area (Å²) in [5, 5.41) is 0.888. The molecule has 2 aliphatic heterocycles. The van der Waals surface area contributed by atoms with E-state index in [1.165, 1.54) is 17.8 Å². The van der Waals surface area contributed by atoms with Gasteiger partial charge in [0.1, 0.15) is 0 Å². The summed E-state index contributed by atoms with van der Waals surface area (Å²) in [5.41, 5.74) is 0. The lowest BCUT2D eigenvalue weighted by atomic mass is 10.3. The number of rotatable bonds is 2. The smallest absolute Gasteiger partial charge is 0.333 e. The van der Waals surface area contributed by atoms with Crippen molar-refractivity contribution in [1.82, 2.24) is 4.90 Å². The van der Waals surface area contributed by atoms with Gasteiger partial charge in [-0.1, -0.05) is 11.8 Å². The van der Waals surface area contributed by atoms with Crippen LogP contribution in [0.2, 0.25) is 0 Å². The van der Waals surface area contributed by atoms with E-state index in [9.17, 15) is 9.59 Å². The first-order valence-electron chi connectivity index (χ1n) is 5.09. The van der Waals surface area contributed by atoms with Gasteiger partial charge < -0.3 is 14.4 Å². The highest BCUT2D eigenvalue weighted by molar-refractivity contribution is 8.04. The summed E-state index contributed by atoms with van der Waals surface area (Å²) < 4.78 is 9.97. The maximum absolute atomic E-state index is 11.3. The lowest BCUT2D eigenvalue weighted by Crippen LogP contribution is -2.29. The minimum absolute atomic E-state index is 0.0955. The Balaban J connectivity index is 2.05. The minimum atomic E-state index is -0.358. The molecule has 0 amide bonds. The highest BCUT2D eigenvalue weighted by atomic mass is 32.2. The van der Waals surface area contributed by atoms with Gasteiger partial charge in [-0.25, -0.2) is 4.79 Å². The van der Waals surface area contributed by atoms with Gasteiger partial charge in [0, 0.05) is 7.05 Å². The van der Waals surface area contributed by atoms with Crippen molar-refractivity contribution in [2.45, 2.75) is 24.8 Å². The third-order valence-electron chi connectivity index (χ3n) is 2.47. The van der Waals surface area contributed by atoms with Crippen LogP contribution in [-0.4, -0.2) is 42.0 Å². The second-order valence-corrected chi connectivity index (χ2v) is 4.85. The molecule has 2 heterocycles. The monoisotopic (exact) mass is 243 g/mol. The van der Waals surface area contributed by atoms with Crippen molar-refractivity contribution in [3.63, 3.8) is 0 Å². The highest BCUT2D eigenvalue weighted by Gasteiger charge is 2.45. The van der Waals surface area contributed by atoms with Gasteiger partial charge in [-0.3, -0.25) is 4.79 Å². The fourth-order valence-corrected chi connectivity index (χ4v) is 3.05. The summed E-state index contributed by atoms with van der Waals surface area (Å²) in [6, 6.07) is 0. The Morgan fingerprint density at radius 3 is 3.12 bits per heavy atom. The van der Waals surface area contributed by atoms with Gasteiger partial charge in [-0.05, 0) is 6.92 Å². The molecule has 0 N–H and O–H groups in total. The Morgan fingerprint density at radius 1 is 1.75 bits per heavy atom. The largest absolute Gasteiger partial charge is 0.463 e. The summed E-state index contributed by atoms with van der Waals surface area (Å²) in [6.45, 7) is 2.12. The number of carbonyl (C=O) groups excluding carboxylic acids is 2. The van der Waals surface area contributed by atoms with Crippen molar-refractivity contribution >= 4 is 23.7 Å². The lowest BCUT2D eigenvalue weighted by Gasteiger charge is -2.18. The molecule has 88 valence electrons. The fourth-order valence-electron chi connectivity index (χ4n) is 1.74. The Hall–Kier alpha value is -1.17. The van der Waals surface area contributed by atoms with Crippen LogP contribution >= 0.6 is 11.8 Å². The molecule has 2 aliphatic rings.